The summed E-state index contributed by atoms with van der Waals surface area (Å²) in [5.74, 6) is -0.376. The molecule has 0 saturated carbocycles. The molecule has 7 heteroatoms. The van der Waals surface area contributed by atoms with Gasteiger partial charge in [0, 0.05) is 5.56 Å². The van der Waals surface area contributed by atoms with Crippen LogP contribution in [0.15, 0.2) is 24.4 Å². The number of ether oxygens (including phenoxy) is 1. The van der Waals surface area contributed by atoms with Crippen LogP contribution in [-0.2, 0) is 16.1 Å². The molecule has 0 atom stereocenters. The average molecular weight is 302 g/mol. The number of anilines is 1. The van der Waals surface area contributed by atoms with E-state index in [4.69, 9.17) is 4.74 Å². The first-order valence-corrected chi connectivity index (χ1v) is 6.94. The van der Waals surface area contributed by atoms with Crippen molar-refractivity contribution in [2.75, 3.05) is 11.9 Å². The lowest BCUT2D eigenvalue weighted by Gasteiger charge is -2.06. The second-order valence-corrected chi connectivity index (χ2v) is 4.88. The Morgan fingerprint density at radius 3 is 2.82 bits per heavy atom. The van der Waals surface area contributed by atoms with Crippen LogP contribution in [0.5, 0.6) is 0 Å². The molecule has 0 aliphatic heterocycles. The molecule has 0 saturated heterocycles. The molecule has 0 unspecified atom stereocenters. The quantitative estimate of drug-likeness (QED) is 0.850. The monoisotopic (exact) mass is 302 g/mol. The molecule has 7 nitrogen and oxygen atoms in total. The van der Waals surface area contributed by atoms with Crippen molar-refractivity contribution < 1.29 is 14.3 Å². The van der Waals surface area contributed by atoms with E-state index in [1.807, 2.05) is 32.0 Å². The zero-order valence-corrected chi connectivity index (χ0v) is 12.8. The van der Waals surface area contributed by atoms with Crippen molar-refractivity contribution in [3.63, 3.8) is 0 Å². The molecule has 2 aromatic rings. The number of amides is 1. The van der Waals surface area contributed by atoms with Gasteiger partial charge in [-0.15, -0.1) is 5.10 Å². The van der Waals surface area contributed by atoms with Crippen molar-refractivity contribution in [3.8, 4) is 0 Å². The van der Waals surface area contributed by atoms with Crippen LogP contribution in [0.4, 0.5) is 5.82 Å². The number of aryl methyl sites for hydroxylation is 2. The summed E-state index contributed by atoms with van der Waals surface area (Å²) < 4.78 is 6.14. The van der Waals surface area contributed by atoms with Crippen LogP contribution in [0.2, 0.25) is 0 Å². The molecule has 0 spiro atoms. The molecule has 1 N–H and O–H groups in total. The van der Waals surface area contributed by atoms with Crippen molar-refractivity contribution in [1.82, 2.24) is 15.0 Å². The second kappa shape index (κ2) is 6.84. The summed E-state index contributed by atoms with van der Waals surface area (Å²) >= 11 is 0. The van der Waals surface area contributed by atoms with E-state index in [0.717, 1.165) is 11.1 Å². The van der Waals surface area contributed by atoms with Crippen LogP contribution < -0.4 is 5.32 Å². The number of esters is 1. The summed E-state index contributed by atoms with van der Waals surface area (Å²) in [5, 5.41) is 10.3. The number of hydrogen-bond acceptors (Lipinski definition) is 5. The number of hydrogen-bond donors (Lipinski definition) is 1. The first kappa shape index (κ1) is 15.7. The first-order chi connectivity index (χ1) is 10.5. The highest BCUT2D eigenvalue weighted by molar-refractivity contribution is 6.04. The van der Waals surface area contributed by atoms with Gasteiger partial charge in [0.1, 0.15) is 6.54 Å². The topological polar surface area (TPSA) is 86.1 Å². The van der Waals surface area contributed by atoms with Crippen LogP contribution in [0.1, 0.15) is 28.4 Å². The van der Waals surface area contributed by atoms with Crippen molar-refractivity contribution in [2.24, 2.45) is 0 Å². The SMILES string of the molecule is CCOC(=O)Cn1cc(NC(=O)c2cc(C)ccc2C)nn1. The van der Waals surface area contributed by atoms with Crippen LogP contribution in [0.25, 0.3) is 0 Å². The normalized spacial score (nSPS) is 10.3. The minimum atomic E-state index is -0.403. The zero-order valence-electron chi connectivity index (χ0n) is 12.8. The summed E-state index contributed by atoms with van der Waals surface area (Å²) in [6.45, 7) is 5.79. The maximum absolute atomic E-state index is 12.2. The van der Waals surface area contributed by atoms with Gasteiger partial charge in [-0.25, -0.2) is 4.68 Å². The predicted molar refractivity (Wildman–Crippen MR) is 80.5 cm³/mol. The number of nitrogens with one attached hydrogen (secondary N) is 1. The predicted octanol–water partition coefficient (Wildman–Crippen LogP) is 1.71. The van der Waals surface area contributed by atoms with Crippen molar-refractivity contribution >= 4 is 17.7 Å². The number of benzene rings is 1. The highest BCUT2D eigenvalue weighted by atomic mass is 16.5. The summed E-state index contributed by atoms with van der Waals surface area (Å²) in [7, 11) is 0. The van der Waals surface area contributed by atoms with Crippen LogP contribution in [-0.4, -0.2) is 33.5 Å². The van der Waals surface area contributed by atoms with Gasteiger partial charge < -0.3 is 10.1 Å². The average Bonchev–Trinajstić information content (AvgIpc) is 2.88. The Morgan fingerprint density at radius 1 is 1.32 bits per heavy atom. The molecular formula is C15H18N4O3. The third-order valence-electron chi connectivity index (χ3n) is 3.01. The lowest BCUT2D eigenvalue weighted by atomic mass is 10.1. The van der Waals surface area contributed by atoms with Gasteiger partial charge in [0.15, 0.2) is 5.82 Å². The molecule has 0 aliphatic carbocycles. The molecule has 22 heavy (non-hydrogen) atoms. The van der Waals surface area contributed by atoms with Crippen molar-refractivity contribution in [3.05, 3.63) is 41.1 Å². The Bertz CT molecular complexity index is 694. The second-order valence-electron chi connectivity index (χ2n) is 4.88. The molecule has 0 radical (unpaired) electrons. The van der Waals surface area contributed by atoms with E-state index in [9.17, 15) is 9.59 Å². The van der Waals surface area contributed by atoms with E-state index in [1.54, 1.807) is 6.92 Å². The van der Waals surface area contributed by atoms with Crippen molar-refractivity contribution in [1.29, 1.82) is 0 Å². The molecule has 1 heterocycles. The highest BCUT2D eigenvalue weighted by Crippen LogP contribution is 2.12. The maximum atomic E-state index is 12.2. The first-order valence-electron chi connectivity index (χ1n) is 6.94. The van der Waals surface area contributed by atoms with Gasteiger partial charge >= 0.3 is 5.97 Å². The summed E-state index contributed by atoms with van der Waals surface area (Å²) in [5.41, 5.74) is 2.46. The lowest BCUT2D eigenvalue weighted by Crippen LogP contribution is -2.14. The largest absolute Gasteiger partial charge is 0.465 e. The molecule has 0 fully saturated rings. The number of rotatable bonds is 5. The standard InChI is InChI=1S/C15H18N4O3/c1-4-22-14(20)9-19-8-13(17-18-19)16-15(21)12-7-10(2)5-6-11(12)3/h5-8H,4,9H2,1-3H3,(H,16,21). The Morgan fingerprint density at radius 2 is 2.09 bits per heavy atom. The molecule has 0 bridgehead atoms. The fourth-order valence-electron chi connectivity index (χ4n) is 1.94. The van der Waals surface area contributed by atoms with Gasteiger partial charge in [-0.05, 0) is 32.4 Å². The minimum absolute atomic E-state index is 0.0415. The molecule has 2 rings (SSSR count). The Hall–Kier alpha value is -2.70. The van der Waals surface area contributed by atoms with Gasteiger partial charge in [0.25, 0.3) is 5.91 Å². The van der Waals surface area contributed by atoms with E-state index in [-0.39, 0.29) is 18.3 Å². The van der Waals surface area contributed by atoms with E-state index in [0.29, 0.717) is 12.2 Å². The highest BCUT2D eigenvalue weighted by Gasteiger charge is 2.12. The fraction of sp³-hybridized carbons (Fsp3) is 0.333. The molecule has 1 aromatic heterocycles. The Kier molecular flexibility index (Phi) is 4.88. The Balaban J connectivity index is 2.05. The zero-order chi connectivity index (χ0) is 16.1. The van der Waals surface area contributed by atoms with Crippen LogP contribution in [0.3, 0.4) is 0 Å². The molecule has 1 aromatic carbocycles. The van der Waals surface area contributed by atoms with Gasteiger partial charge in [-0.2, -0.15) is 0 Å². The van der Waals surface area contributed by atoms with Crippen LogP contribution >= 0.6 is 0 Å². The third kappa shape index (κ3) is 3.91. The Labute approximate surface area is 128 Å². The van der Waals surface area contributed by atoms with Gasteiger partial charge in [0.2, 0.25) is 0 Å². The van der Waals surface area contributed by atoms with E-state index >= 15 is 0 Å². The smallest absolute Gasteiger partial charge is 0.327 e. The van der Waals surface area contributed by atoms with E-state index < -0.39 is 5.97 Å². The minimum Gasteiger partial charge on any atom is -0.465 e. The van der Waals surface area contributed by atoms with Gasteiger partial charge in [-0.3, -0.25) is 9.59 Å². The maximum Gasteiger partial charge on any atom is 0.327 e. The summed E-state index contributed by atoms with van der Waals surface area (Å²) in [6.07, 6.45) is 1.49. The number of aromatic nitrogens is 3. The molecule has 116 valence electrons. The third-order valence-corrected chi connectivity index (χ3v) is 3.01. The van der Waals surface area contributed by atoms with Crippen LogP contribution in [0, 0.1) is 13.8 Å². The fourth-order valence-corrected chi connectivity index (χ4v) is 1.94. The lowest BCUT2D eigenvalue weighted by molar-refractivity contribution is -0.144. The molecule has 0 aliphatic rings. The van der Waals surface area contributed by atoms with E-state index in [1.165, 1.54) is 10.9 Å². The van der Waals surface area contributed by atoms with Gasteiger partial charge in [0.05, 0.1) is 12.8 Å². The van der Waals surface area contributed by atoms with E-state index in [2.05, 4.69) is 15.6 Å². The number of carbonyl (C=O) groups excluding carboxylic acids is 2. The molecular weight excluding hydrogens is 284 g/mol. The number of carbonyl (C=O) groups is 2. The van der Waals surface area contributed by atoms with Gasteiger partial charge in [-0.1, -0.05) is 22.9 Å². The van der Waals surface area contributed by atoms with Crippen molar-refractivity contribution in [2.45, 2.75) is 27.3 Å². The molecule has 1 amide bonds. The summed E-state index contributed by atoms with van der Waals surface area (Å²) in [4.78, 5) is 23.6. The summed E-state index contributed by atoms with van der Waals surface area (Å²) in [6, 6.07) is 5.65. The number of nitrogens with zero attached hydrogens (tertiary/aromatic N) is 3.